The van der Waals surface area contributed by atoms with E-state index in [1.54, 1.807) is 27.5 Å². The van der Waals surface area contributed by atoms with Gasteiger partial charge in [0.15, 0.2) is 17.3 Å². The number of benzene rings is 1. The number of methoxy groups -OCH3 is 3. The van der Waals surface area contributed by atoms with Crippen LogP contribution in [0.1, 0.15) is 68.6 Å². The van der Waals surface area contributed by atoms with Gasteiger partial charge < -0.3 is 24.0 Å². The Morgan fingerprint density at radius 1 is 0.971 bits per heavy atom. The number of nitrogens with zero attached hydrogens (tertiary/aromatic N) is 4. The summed E-state index contributed by atoms with van der Waals surface area (Å²) >= 11 is 0. The maximum absolute atomic E-state index is 13.7. The summed E-state index contributed by atoms with van der Waals surface area (Å²) in [5, 5.41) is 0. The first-order valence-corrected chi connectivity index (χ1v) is 12.7. The molecule has 4 rings (SSSR count). The third-order valence-corrected chi connectivity index (χ3v) is 7.44. The smallest absolute Gasteiger partial charge is 0.259 e. The normalized spacial score (nSPS) is 18.8. The molecule has 8 nitrogen and oxygen atoms in total. The van der Waals surface area contributed by atoms with Gasteiger partial charge in [-0.05, 0) is 51.2 Å². The molecular formula is C27H38N4O4. The number of carbonyl (C=O) groups is 1. The molecule has 35 heavy (non-hydrogen) atoms. The van der Waals surface area contributed by atoms with Crippen LogP contribution < -0.4 is 19.1 Å². The van der Waals surface area contributed by atoms with Gasteiger partial charge in [-0.25, -0.2) is 9.97 Å². The largest absolute Gasteiger partial charge is 0.493 e. The van der Waals surface area contributed by atoms with Crippen molar-refractivity contribution >= 4 is 11.7 Å². The molecule has 0 N–H and O–H groups in total. The van der Waals surface area contributed by atoms with Crippen molar-refractivity contribution in [2.24, 2.45) is 0 Å². The molecular weight excluding hydrogens is 444 g/mol. The summed E-state index contributed by atoms with van der Waals surface area (Å²) in [6, 6.07) is 4.27. The Morgan fingerprint density at radius 3 is 2.23 bits per heavy atom. The number of rotatable bonds is 7. The van der Waals surface area contributed by atoms with E-state index in [0.29, 0.717) is 40.5 Å². The molecule has 0 spiro atoms. The number of hydrogen-bond acceptors (Lipinski definition) is 7. The number of hydrogen-bond donors (Lipinski definition) is 0. The lowest BCUT2D eigenvalue weighted by Crippen LogP contribution is -2.42. The van der Waals surface area contributed by atoms with E-state index < -0.39 is 0 Å². The topological polar surface area (TPSA) is 77.0 Å². The van der Waals surface area contributed by atoms with Crippen molar-refractivity contribution in [3.63, 3.8) is 0 Å². The third kappa shape index (κ3) is 5.16. The summed E-state index contributed by atoms with van der Waals surface area (Å²) in [5.41, 5.74) is 1.31. The Bertz CT molecular complexity index is 1010. The van der Waals surface area contributed by atoms with Crippen molar-refractivity contribution < 1.29 is 19.0 Å². The van der Waals surface area contributed by atoms with Crippen molar-refractivity contribution in [1.82, 2.24) is 14.9 Å². The highest BCUT2D eigenvalue weighted by atomic mass is 16.5. The van der Waals surface area contributed by atoms with Gasteiger partial charge in [0.05, 0.1) is 21.3 Å². The zero-order valence-electron chi connectivity index (χ0n) is 21.7. The van der Waals surface area contributed by atoms with Crippen molar-refractivity contribution in [2.45, 2.75) is 70.4 Å². The molecule has 2 fully saturated rings. The van der Waals surface area contributed by atoms with Gasteiger partial charge in [0.1, 0.15) is 11.4 Å². The Labute approximate surface area is 208 Å². The van der Waals surface area contributed by atoms with Gasteiger partial charge in [0.2, 0.25) is 5.75 Å². The predicted molar refractivity (Wildman–Crippen MR) is 137 cm³/mol. The molecule has 1 amide bonds. The van der Waals surface area contributed by atoms with E-state index in [-0.39, 0.29) is 11.9 Å². The van der Waals surface area contributed by atoms with Crippen LogP contribution in [0.4, 0.5) is 5.82 Å². The number of ether oxygens (including phenoxy) is 3. The number of amides is 1. The van der Waals surface area contributed by atoms with Gasteiger partial charge in [-0.1, -0.05) is 19.3 Å². The molecule has 0 radical (unpaired) electrons. The van der Waals surface area contributed by atoms with Crippen LogP contribution in [0.15, 0.2) is 18.3 Å². The van der Waals surface area contributed by atoms with Crippen LogP contribution in [0.3, 0.4) is 0 Å². The first-order valence-electron chi connectivity index (χ1n) is 12.7. The highest BCUT2D eigenvalue weighted by Crippen LogP contribution is 2.41. The summed E-state index contributed by atoms with van der Waals surface area (Å²) in [5.74, 6) is 2.83. The van der Waals surface area contributed by atoms with E-state index in [1.165, 1.54) is 25.7 Å². The zero-order chi connectivity index (χ0) is 24.9. The van der Waals surface area contributed by atoms with Crippen LogP contribution in [0, 0.1) is 0 Å². The lowest BCUT2D eigenvalue weighted by Gasteiger charge is -2.37. The van der Waals surface area contributed by atoms with Gasteiger partial charge in [0.25, 0.3) is 5.91 Å². The summed E-state index contributed by atoms with van der Waals surface area (Å²) in [6.45, 7) is 3.08. The Kier molecular flexibility index (Phi) is 7.98. The van der Waals surface area contributed by atoms with Crippen molar-refractivity contribution in [1.29, 1.82) is 0 Å². The molecule has 8 heteroatoms. The number of anilines is 1. The molecule has 1 saturated carbocycles. The third-order valence-electron chi connectivity index (χ3n) is 7.44. The molecule has 190 valence electrons. The van der Waals surface area contributed by atoms with Crippen molar-refractivity contribution in [3.8, 4) is 28.6 Å². The molecule has 1 aromatic heterocycles. The van der Waals surface area contributed by atoms with E-state index in [4.69, 9.17) is 19.2 Å². The summed E-state index contributed by atoms with van der Waals surface area (Å²) in [4.78, 5) is 27.5. The highest BCUT2D eigenvalue weighted by molar-refractivity contribution is 5.99. The summed E-state index contributed by atoms with van der Waals surface area (Å²) in [6.07, 6.45) is 10.8. The van der Waals surface area contributed by atoms with Gasteiger partial charge in [0, 0.05) is 37.4 Å². The Morgan fingerprint density at radius 2 is 1.63 bits per heavy atom. The van der Waals surface area contributed by atoms with E-state index in [1.807, 2.05) is 24.1 Å². The Balaban J connectivity index is 1.77. The number of piperidine rings is 1. The molecule has 0 unspecified atom stereocenters. The van der Waals surface area contributed by atoms with Crippen LogP contribution in [0.2, 0.25) is 0 Å². The monoisotopic (exact) mass is 482 g/mol. The highest BCUT2D eigenvalue weighted by Gasteiger charge is 2.30. The maximum atomic E-state index is 13.7. The summed E-state index contributed by atoms with van der Waals surface area (Å²) in [7, 11) is 6.68. The minimum Gasteiger partial charge on any atom is -0.493 e. The second-order valence-corrected chi connectivity index (χ2v) is 9.59. The van der Waals surface area contributed by atoms with Gasteiger partial charge >= 0.3 is 0 Å². The molecule has 1 saturated heterocycles. The fourth-order valence-corrected chi connectivity index (χ4v) is 5.33. The molecule has 2 aliphatic rings. The van der Waals surface area contributed by atoms with Gasteiger partial charge in [-0.3, -0.25) is 4.79 Å². The predicted octanol–water partition coefficient (Wildman–Crippen LogP) is 4.95. The average molecular weight is 483 g/mol. The first kappa shape index (κ1) is 25.1. The molecule has 1 aromatic carbocycles. The van der Waals surface area contributed by atoms with Crippen molar-refractivity contribution in [3.05, 3.63) is 23.9 Å². The lowest BCUT2D eigenvalue weighted by molar-refractivity contribution is 0.0696. The zero-order valence-corrected chi connectivity index (χ0v) is 21.7. The Hall–Kier alpha value is -3.03. The SMILES string of the molecule is COc1cc(-c2ncc(C(=O)N(C)C3CCCCC3)c(N3CCCC[C@H]3C)n2)cc(OC)c1OC. The van der Waals surface area contributed by atoms with E-state index in [9.17, 15) is 4.79 Å². The molecule has 2 heterocycles. The molecule has 1 aliphatic heterocycles. The quantitative estimate of drug-likeness (QED) is 0.552. The van der Waals surface area contributed by atoms with Crippen LogP contribution in [-0.4, -0.2) is 67.8 Å². The van der Waals surface area contributed by atoms with E-state index in [2.05, 4.69) is 16.8 Å². The van der Waals surface area contributed by atoms with Crippen LogP contribution in [-0.2, 0) is 0 Å². The first-order chi connectivity index (χ1) is 17.0. The molecule has 0 bridgehead atoms. The minimum atomic E-state index is 0.00103. The molecule has 1 atom stereocenters. The lowest BCUT2D eigenvalue weighted by atomic mass is 9.94. The summed E-state index contributed by atoms with van der Waals surface area (Å²) < 4.78 is 16.5. The fraction of sp³-hybridized carbons (Fsp3) is 0.593. The van der Waals surface area contributed by atoms with Crippen molar-refractivity contribution in [2.75, 3.05) is 39.8 Å². The second kappa shape index (κ2) is 11.1. The molecule has 2 aromatic rings. The van der Waals surface area contributed by atoms with E-state index >= 15 is 0 Å². The van der Waals surface area contributed by atoms with Gasteiger partial charge in [-0.2, -0.15) is 0 Å². The van der Waals surface area contributed by atoms with E-state index in [0.717, 1.165) is 37.8 Å². The van der Waals surface area contributed by atoms with Crippen LogP contribution in [0.25, 0.3) is 11.4 Å². The minimum absolute atomic E-state index is 0.00103. The van der Waals surface area contributed by atoms with Crippen LogP contribution in [0.5, 0.6) is 17.2 Å². The maximum Gasteiger partial charge on any atom is 0.259 e. The average Bonchev–Trinajstić information content (AvgIpc) is 2.91. The number of aromatic nitrogens is 2. The second-order valence-electron chi connectivity index (χ2n) is 9.59. The van der Waals surface area contributed by atoms with Crippen LogP contribution >= 0.6 is 0 Å². The molecule has 1 aliphatic carbocycles. The fourth-order valence-electron chi connectivity index (χ4n) is 5.33. The van der Waals surface area contributed by atoms with Gasteiger partial charge in [-0.15, -0.1) is 0 Å². The standard InChI is InChI=1S/C27H38N4O4/c1-18-11-9-10-14-31(18)26-21(27(32)30(2)20-12-7-6-8-13-20)17-28-25(29-26)19-15-22(33-3)24(35-5)23(16-19)34-4/h15-18,20H,6-14H2,1-5H3/t18-/m1/s1. The number of carbonyl (C=O) groups excluding carboxylic acids is 1.